The summed E-state index contributed by atoms with van der Waals surface area (Å²) in [5, 5.41) is 0. The van der Waals surface area contributed by atoms with Crippen LogP contribution in [0.15, 0.2) is 30.3 Å². The maximum atomic E-state index is 14.9. The number of rotatable bonds is 4. The molecule has 2 aliphatic carbocycles. The van der Waals surface area contributed by atoms with Crippen LogP contribution in [0.25, 0.3) is 0 Å². The van der Waals surface area contributed by atoms with Gasteiger partial charge in [-0.1, -0.05) is 25.8 Å². The first-order valence-electron chi connectivity index (χ1n) is 11.0. The van der Waals surface area contributed by atoms with Crippen LogP contribution in [0.5, 0.6) is 5.75 Å². The monoisotopic (exact) mass is 434 g/mol. The van der Waals surface area contributed by atoms with Crippen LogP contribution in [-0.2, 0) is 0 Å². The van der Waals surface area contributed by atoms with E-state index in [4.69, 9.17) is 4.74 Å². The molecule has 2 aliphatic rings. The molecule has 166 valence electrons. The molecule has 0 N–H and O–H groups in total. The Labute approximate surface area is 179 Å². The van der Waals surface area contributed by atoms with Crippen LogP contribution in [0.1, 0.15) is 73.7 Å². The summed E-state index contributed by atoms with van der Waals surface area (Å²) >= 11 is 0. The molecule has 4 atom stereocenters. The Morgan fingerprint density at radius 1 is 0.903 bits per heavy atom. The Hall–Kier alpha value is -2.37. The minimum Gasteiger partial charge on any atom is -0.423 e. The fourth-order valence-corrected chi connectivity index (χ4v) is 5.38. The van der Waals surface area contributed by atoms with Crippen molar-refractivity contribution in [1.29, 1.82) is 0 Å². The fraction of sp³-hybridized carbons (Fsp3) is 0.480. The predicted molar refractivity (Wildman–Crippen MR) is 109 cm³/mol. The Morgan fingerprint density at radius 3 is 2.26 bits per heavy atom. The number of carbonyl (C=O) groups is 1. The number of benzene rings is 2. The zero-order valence-electron chi connectivity index (χ0n) is 17.5. The Balaban J connectivity index is 1.44. The maximum Gasteiger partial charge on any atom is 0.343 e. The van der Waals surface area contributed by atoms with Crippen molar-refractivity contribution in [2.45, 2.75) is 57.8 Å². The Kier molecular flexibility index (Phi) is 6.35. The smallest absolute Gasteiger partial charge is 0.343 e. The molecule has 0 radical (unpaired) electrons. The molecule has 2 fully saturated rings. The van der Waals surface area contributed by atoms with Crippen LogP contribution in [0.3, 0.4) is 0 Å². The van der Waals surface area contributed by atoms with Gasteiger partial charge in [0.1, 0.15) is 11.6 Å². The molecular weight excluding hydrogens is 408 g/mol. The standard InChI is InChI=1S/C25H26F4O2/c1-2-14-3-4-16-10-17(6-5-15(16)9-14)20-8-7-18(11-21(20)26)25(30)31-19-12-22(27)24(29)23(28)13-19/h7-8,11-17H,2-6,9-10H2,1H3/t14-,15-,16+,17?/m0/s1. The lowest BCUT2D eigenvalue weighted by atomic mass is 9.63. The van der Waals surface area contributed by atoms with E-state index in [1.165, 1.54) is 31.7 Å². The second kappa shape index (κ2) is 9.01. The van der Waals surface area contributed by atoms with Crippen LogP contribution in [0.4, 0.5) is 17.6 Å². The first-order chi connectivity index (χ1) is 14.9. The molecule has 1 unspecified atom stereocenters. The molecule has 0 spiro atoms. The first-order valence-corrected chi connectivity index (χ1v) is 11.0. The predicted octanol–water partition coefficient (Wildman–Crippen LogP) is 7.17. The second-order valence-electron chi connectivity index (χ2n) is 8.94. The van der Waals surface area contributed by atoms with Gasteiger partial charge in [-0.2, -0.15) is 0 Å². The molecule has 0 bridgehead atoms. The van der Waals surface area contributed by atoms with Crippen molar-refractivity contribution in [3.05, 3.63) is 64.7 Å². The highest BCUT2D eigenvalue weighted by Gasteiger charge is 2.36. The van der Waals surface area contributed by atoms with Crippen molar-refractivity contribution in [3.8, 4) is 5.75 Å². The van der Waals surface area contributed by atoms with Crippen LogP contribution in [0.2, 0.25) is 0 Å². The third kappa shape index (κ3) is 4.63. The van der Waals surface area contributed by atoms with Gasteiger partial charge in [0.2, 0.25) is 0 Å². The van der Waals surface area contributed by atoms with E-state index in [2.05, 4.69) is 6.92 Å². The quantitative estimate of drug-likeness (QED) is 0.221. The molecule has 31 heavy (non-hydrogen) atoms. The topological polar surface area (TPSA) is 26.3 Å². The normalized spacial score (nSPS) is 25.7. The maximum absolute atomic E-state index is 14.9. The SMILES string of the molecule is CC[C@H]1CC[C@@H]2CC(c3ccc(C(=O)Oc4cc(F)c(F)c(F)c4)cc3F)CC[C@H]2C1. The molecular formula is C25H26F4O2. The first kappa shape index (κ1) is 21.8. The fourth-order valence-electron chi connectivity index (χ4n) is 5.38. The second-order valence-corrected chi connectivity index (χ2v) is 8.94. The van der Waals surface area contributed by atoms with Crippen LogP contribution < -0.4 is 4.74 Å². The summed E-state index contributed by atoms with van der Waals surface area (Å²) in [6, 6.07) is 5.34. The summed E-state index contributed by atoms with van der Waals surface area (Å²) in [5.41, 5.74) is 0.537. The Morgan fingerprint density at radius 2 is 1.58 bits per heavy atom. The average molecular weight is 434 g/mol. The molecule has 0 saturated heterocycles. The Bertz CT molecular complexity index is 951. The van der Waals surface area contributed by atoms with E-state index in [9.17, 15) is 22.4 Å². The highest BCUT2D eigenvalue weighted by Crippen LogP contribution is 2.48. The zero-order chi connectivity index (χ0) is 22.1. The van der Waals surface area contributed by atoms with E-state index >= 15 is 0 Å². The number of hydrogen-bond acceptors (Lipinski definition) is 2. The number of halogens is 4. The third-order valence-corrected chi connectivity index (χ3v) is 7.14. The van der Waals surface area contributed by atoms with E-state index < -0.39 is 35.0 Å². The summed E-state index contributed by atoms with van der Waals surface area (Å²) < 4.78 is 59.4. The lowest BCUT2D eigenvalue weighted by Gasteiger charge is -2.42. The third-order valence-electron chi connectivity index (χ3n) is 7.14. The summed E-state index contributed by atoms with van der Waals surface area (Å²) in [4.78, 5) is 12.3. The average Bonchev–Trinajstić information content (AvgIpc) is 2.76. The highest BCUT2D eigenvalue weighted by molar-refractivity contribution is 5.91. The van der Waals surface area contributed by atoms with Gasteiger partial charge >= 0.3 is 5.97 Å². The number of fused-ring (bicyclic) bond motifs is 1. The van der Waals surface area contributed by atoms with Gasteiger partial charge in [-0.25, -0.2) is 22.4 Å². The van der Waals surface area contributed by atoms with Gasteiger partial charge in [0.15, 0.2) is 17.5 Å². The summed E-state index contributed by atoms with van der Waals surface area (Å²) in [6.45, 7) is 2.25. The molecule has 6 heteroatoms. The van der Waals surface area contributed by atoms with E-state index in [-0.39, 0.29) is 11.5 Å². The zero-order valence-corrected chi connectivity index (χ0v) is 17.5. The summed E-state index contributed by atoms with van der Waals surface area (Å²) in [6.07, 6.45) is 7.99. The largest absolute Gasteiger partial charge is 0.423 e. The van der Waals surface area contributed by atoms with Crippen molar-refractivity contribution in [1.82, 2.24) is 0 Å². The lowest BCUT2D eigenvalue weighted by molar-refractivity contribution is 0.0733. The van der Waals surface area contributed by atoms with Gasteiger partial charge in [0, 0.05) is 12.1 Å². The molecule has 2 aromatic rings. The minimum absolute atomic E-state index is 0.0662. The van der Waals surface area contributed by atoms with Crippen molar-refractivity contribution >= 4 is 5.97 Å². The summed E-state index contributed by atoms with van der Waals surface area (Å²) in [5.74, 6) is -4.17. The van der Waals surface area contributed by atoms with E-state index in [0.717, 1.165) is 37.2 Å². The van der Waals surface area contributed by atoms with Gasteiger partial charge in [-0.15, -0.1) is 0 Å². The van der Waals surface area contributed by atoms with E-state index in [1.807, 2.05) is 0 Å². The van der Waals surface area contributed by atoms with Crippen molar-refractivity contribution in [2.75, 3.05) is 0 Å². The molecule has 4 rings (SSSR count). The van der Waals surface area contributed by atoms with Crippen molar-refractivity contribution < 1.29 is 27.1 Å². The van der Waals surface area contributed by atoms with Gasteiger partial charge in [0.05, 0.1) is 5.56 Å². The van der Waals surface area contributed by atoms with Gasteiger partial charge < -0.3 is 4.74 Å². The lowest BCUT2D eigenvalue weighted by Crippen LogP contribution is -2.30. The van der Waals surface area contributed by atoms with Crippen LogP contribution in [-0.4, -0.2) is 5.97 Å². The van der Waals surface area contributed by atoms with Crippen molar-refractivity contribution in [2.24, 2.45) is 17.8 Å². The number of ether oxygens (including phenoxy) is 1. The molecule has 0 heterocycles. The minimum atomic E-state index is -1.65. The van der Waals surface area contributed by atoms with Crippen molar-refractivity contribution in [3.63, 3.8) is 0 Å². The van der Waals surface area contributed by atoms with E-state index in [0.29, 0.717) is 23.6 Å². The molecule has 2 saturated carbocycles. The van der Waals surface area contributed by atoms with E-state index in [1.54, 1.807) is 6.07 Å². The molecule has 0 aliphatic heterocycles. The van der Waals surface area contributed by atoms with Crippen LogP contribution in [0, 0.1) is 41.0 Å². The number of carbonyl (C=O) groups excluding carboxylic acids is 1. The molecule has 2 aromatic carbocycles. The highest BCUT2D eigenvalue weighted by atomic mass is 19.2. The van der Waals surface area contributed by atoms with Gasteiger partial charge in [-0.05, 0) is 73.5 Å². The molecule has 2 nitrogen and oxygen atoms in total. The molecule has 0 amide bonds. The molecule has 0 aromatic heterocycles. The van der Waals surface area contributed by atoms with Gasteiger partial charge in [0.25, 0.3) is 0 Å². The van der Waals surface area contributed by atoms with Gasteiger partial charge in [-0.3, -0.25) is 0 Å². The summed E-state index contributed by atoms with van der Waals surface area (Å²) in [7, 11) is 0. The number of hydrogen-bond donors (Lipinski definition) is 0. The number of esters is 1. The van der Waals surface area contributed by atoms with Crippen LogP contribution >= 0.6 is 0 Å².